The number of ether oxygens (including phenoxy) is 1. The van der Waals surface area contributed by atoms with Gasteiger partial charge in [-0.15, -0.1) is 10.2 Å². The van der Waals surface area contributed by atoms with E-state index in [4.69, 9.17) is 16.3 Å². The van der Waals surface area contributed by atoms with E-state index in [2.05, 4.69) is 15.5 Å². The van der Waals surface area contributed by atoms with Gasteiger partial charge < -0.3 is 10.1 Å². The maximum Gasteiger partial charge on any atom is 0.155 e. The molecule has 0 fully saturated rings. The van der Waals surface area contributed by atoms with Gasteiger partial charge in [0, 0.05) is 20.3 Å². The maximum absolute atomic E-state index is 5.85. The van der Waals surface area contributed by atoms with Crippen molar-refractivity contribution in [3.05, 3.63) is 16.3 Å². The van der Waals surface area contributed by atoms with Crippen molar-refractivity contribution in [2.24, 2.45) is 0 Å². The van der Waals surface area contributed by atoms with E-state index >= 15 is 0 Å². The van der Waals surface area contributed by atoms with Crippen molar-refractivity contribution < 1.29 is 4.74 Å². The number of aromatic nitrogens is 2. The lowest BCUT2D eigenvalue weighted by molar-refractivity contribution is 0.197. The molecule has 0 saturated carbocycles. The summed E-state index contributed by atoms with van der Waals surface area (Å²) >= 11 is 5.85. The van der Waals surface area contributed by atoms with Gasteiger partial charge in [0.2, 0.25) is 0 Å². The van der Waals surface area contributed by atoms with Gasteiger partial charge in [-0.25, -0.2) is 0 Å². The number of nitrogens with one attached hydrogen (secondary N) is 1. The lowest BCUT2D eigenvalue weighted by Gasteiger charge is -2.09. The standard InChI is InChI=1S/C10H16ClN3O/c1-7-8(2)10(14-13-9(7)11)12-5-4-6-15-3/h4-6H2,1-3H3,(H,12,14). The first-order valence-electron chi connectivity index (χ1n) is 4.89. The number of halogens is 1. The molecule has 0 aliphatic heterocycles. The molecule has 1 heterocycles. The number of hydrogen-bond acceptors (Lipinski definition) is 4. The molecular formula is C10H16ClN3O. The summed E-state index contributed by atoms with van der Waals surface area (Å²) in [4.78, 5) is 0. The van der Waals surface area contributed by atoms with Crippen LogP contribution in [0.15, 0.2) is 0 Å². The van der Waals surface area contributed by atoms with Crippen LogP contribution in [0.1, 0.15) is 17.5 Å². The van der Waals surface area contributed by atoms with Crippen LogP contribution in [0.3, 0.4) is 0 Å². The molecule has 0 unspecified atom stereocenters. The zero-order chi connectivity index (χ0) is 11.3. The van der Waals surface area contributed by atoms with Crippen molar-refractivity contribution in [2.75, 3.05) is 25.6 Å². The molecular weight excluding hydrogens is 214 g/mol. The highest BCUT2D eigenvalue weighted by Gasteiger charge is 2.06. The Balaban J connectivity index is 2.58. The average Bonchev–Trinajstić information content (AvgIpc) is 2.24. The van der Waals surface area contributed by atoms with E-state index in [1.807, 2.05) is 13.8 Å². The summed E-state index contributed by atoms with van der Waals surface area (Å²) in [7, 11) is 1.69. The molecule has 84 valence electrons. The fourth-order valence-corrected chi connectivity index (χ4v) is 1.35. The third kappa shape index (κ3) is 3.32. The van der Waals surface area contributed by atoms with Crippen molar-refractivity contribution >= 4 is 17.4 Å². The van der Waals surface area contributed by atoms with Crippen LogP contribution >= 0.6 is 11.6 Å². The molecule has 0 bridgehead atoms. The molecule has 0 atom stereocenters. The molecule has 0 aliphatic rings. The van der Waals surface area contributed by atoms with Crippen LogP contribution in [-0.2, 0) is 4.74 Å². The Bertz CT molecular complexity index is 331. The van der Waals surface area contributed by atoms with Gasteiger partial charge in [-0.2, -0.15) is 0 Å². The maximum atomic E-state index is 5.85. The molecule has 15 heavy (non-hydrogen) atoms. The van der Waals surface area contributed by atoms with Crippen LogP contribution in [0.5, 0.6) is 0 Å². The fraction of sp³-hybridized carbons (Fsp3) is 0.600. The minimum atomic E-state index is 0.468. The van der Waals surface area contributed by atoms with Crippen molar-refractivity contribution in [1.29, 1.82) is 0 Å². The number of hydrogen-bond donors (Lipinski definition) is 1. The highest BCUT2D eigenvalue weighted by molar-refractivity contribution is 6.30. The number of rotatable bonds is 5. The monoisotopic (exact) mass is 229 g/mol. The molecule has 0 saturated heterocycles. The molecule has 1 N–H and O–H groups in total. The lowest BCUT2D eigenvalue weighted by atomic mass is 10.2. The van der Waals surface area contributed by atoms with Crippen LogP contribution in [0.2, 0.25) is 5.15 Å². The highest BCUT2D eigenvalue weighted by atomic mass is 35.5. The summed E-state index contributed by atoms with van der Waals surface area (Å²) in [6.07, 6.45) is 0.944. The van der Waals surface area contributed by atoms with Crippen molar-refractivity contribution in [3.8, 4) is 0 Å². The minimum Gasteiger partial charge on any atom is -0.385 e. The Morgan fingerprint density at radius 2 is 2.00 bits per heavy atom. The lowest BCUT2D eigenvalue weighted by Crippen LogP contribution is -2.09. The van der Waals surface area contributed by atoms with Crippen LogP contribution in [0.25, 0.3) is 0 Å². The quantitative estimate of drug-likeness (QED) is 0.787. The molecule has 0 aliphatic carbocycles. The van der Waals surface area contributed by atoms with Gasteiger partial charge in [-0.05, 0) is 31.4 Å². The molecule has 1 rings (SSSR count). The average molecular weight is 230 g/mol. The third-order valence-corrected chi connectivity index (χ3v) is 2.64. The van der Waals surface area contributed by atoms with Gasteiger partial charge in [0.05, 0.1) is 0 Å². The Morgan fingerprint density at radius 1 is 1.27 bits per heavy atom. The van der Waals surface area contributed by atoms with Crippen LogP contribution in [0.4, 0.5) is 5.82 Å². The van der Waals surface area contributed by atoms with Crippen molar-refractivity contribution in [3.63, 3.8) is 0 Å². The van der Waals surface area contributed by atoms with Crippen LogP contribution in [-0.4, -0.2) is 30.5 Å². The Hall–Kier alpha value is -0.870. The van der Waals surface area contributed by atoms with E-state index in [0.29, 0.717) is 5.15 Å². The zero-order valence-corrected chi connectivity index (χ0v) is 10.1. The first kappa shape index (κ1) is 12.2. The molecule has 4 nitrogen and oxygen atoms in total. The van der Waals surface area contributed by atoms with E-state index in [1.54, 1.807) is 7.11 Å². The van der Waals surface area contributed by atoms with E-state index < -0.39 is 0 Å². The minimum absolute atomic E-state index is 0.468. The van der Waals surface area contributed by atoms with Crippen molar-refractivity contribution in [1.82, 2.24) is 10.2 Å². The van der Waals surface area contributed by atoms with Gasteiger partial charge in [-0.1, -0.05) is 11.6 Å². The van der Waals surface area contributed by atoms with Gasteiger partial charge in [0.1, 0.15) is 0 Å². The van der Waals surface area contributed by atoms with E-state index in [0.717, 1.165) is 36.5 Å². The zero-order valence-electron chi connectivity index (χ0n) is 9.30. The third-order valence-electron chi connectivity index (χ3n) is 2.28. The Kier molecular flexibility index (Phi) is 4.78. The van der Waals surface area contributed by atoms with E-state index in [1.165, 1.54) is 0 Å². The molecule has 0 radical (unpaired) electrons. The van der Waals surface area contributed by atoms with Gasteiger partial charge >= 0.3 is 0 Å². The second-order valence-corrected chi connectivity index (χ2v) is 3.72. The molecule has 0 aromatic carbocycles. The van der Waals surface area contributed by atoms with Gasteiger partial charge in [0.25, 0.3) is 0 Å². The highest BCUT2D eigenvalue weighted by Crippen LogP contribution is 2.20. The van der Waals surface area contributed by atoms with Crippen molar-refractivity contribution in [2.45, 2.75) is 20.3 Å². The van der Waals surface area contributed by atoms with E-state index in [9.17, 15) is 0 Å². The number of methoxy groups -OCH3 is 1. The summed E-state index contributed by atoms with van der Waals surface area (Å²) in [6.45, 7) is 5.48. The Morgan fingerprint density at radius 3 is 2.67 bits per heavy atom. The predicted octanol–water partition coefficient (Wildman–Crippen LogP) is 2.20. The predicted molar refractivity (Wildman–Crippen MR) is 61.5 cm³/mol. The summed E-state index contributed by atoms with van der Waals surface area (Å²) in [5, 5.41) is 11.5. The second kappa shape index (κ2) is 5.88. The van der Waals surface area contributed by atoms with Crippen LogP contribution < -0.4 is 5.32 Å². The smallest absolute Gasteiger partial charge is 0.155 e. The summed E-state index contributed by atoms with van der Waals surface area (Å²) in [5.74, 6) is 0.799. The molecule has 1 aromatic heterocycles. The summed E-state index contributed by atoms with van der Waals surface area (Å²) in [6, 6.07) is 0. The second-order valence-electron chi connectivity index (χ2n) is 3.36. The first-order chi connectivity index (χ1) is 7.16. The topological polar surface area (TPSA) is 47.0 Å². The summed E-state index contributed by atoms with van der Waals surface area (Å²) in [5.41, 5.74) is 2.02. The normalized spacial score (nSPS) is 10.4. The van der Waals surface area contributed by atoms with Gasteiger partial charge in [-0.3, -0.25) is 0 Å². The fourth-order valence-electron chi connectivity index (χ4n) is 1.17. The first-order valence-corrected chi connectivity index (χ1v) is 5.26. The molecule has 0 spiro atoms. The SMILES string of the molecule is COCCCNc1nnc(Cl)c(C)c1C. The number of anilines is 1. The molecule has 5 heteroatoms. The van der Waals surface area contributed by atoms with E-state index in [-0.39, 0.29) is 0 Å². The van der Waals surface area contributed by atoms with Crippen LogP contribution in [0, 0.1) is 13.8 Å². The Labute approximate surface area is 95.0 Å². The number of nitrogens with zero attached hydrogens (tertiary/aromatic N) is 2. The molecule has 1 aromatic rings. The molecule has 0 amide bonds. The van der Waals surface area contributed by atoms with Gasteiger partial charge in [0.15, 0.2) is 11.0 Å². The summed E-state index contributed by atoms with van der Waals surface area (Å²) < 4.78 is 4.96. The largest absolute Gasteiger partial charge is 0.385 e.